The molecule has 24 heavy (non-hydrogen) atoms. The van der Waals surface area contributed by atoms with Crippen LogP contribution in [-0.2, 0) is 18.3 Å². The van der Waals surface area contributed by atoms with Gasteiger partial charge in [-0.25, -0.2) is 4.98 Å². The fourth-order valence-corrected chi connectivity index (χ4v) is 3.25. The van der Waals surface area contributed by atoms with Gasteiger partial charge in [-0.05, 0) is 23.8 Å². The number of aromatic nitrogens is 2. The summed E-state index contributed by atoms with van der Waals surface area (Å²) in [6.45, 7) is 2.12. The van der Waals surface area contributed by atoms with Gasteiger partial charge in [-0.3, -0.25) is 4.79 Å². The molecule has 5 nitrogen and oxygen atoms in total. The Morgan fingerprint density at radius 1 is 1.42 bits per heavy atom. The number of aryl methyl sites for hydroxylation is 1. The van der Waals surface area contributed by atoms with Crippen LogP contribution in [0.4, 0.5) is 0 Å². The van der Waals surface area contributed by atoms with E-state index < -0.39 is 0 Å². The SMILES string of the molecule is Cl.Cn1ccnc1C1CNCCN1C(=O)Cc1cc(Cl)ccc1Cl. The third kappa shape index (κ3) is 4.03. The maximum Gasteiger partial charge on any atom is 0.227 e. The average Bonchev–Trinajstić information content (AvgIpc) is 2.97. The first kappa shape index (κ1) is 19.1. The number of nitrogens with zero attached hydrogens (tertiary/aromatic N) is 3. The Bertz CT molecular complexity index is 719. The largest absolute Gasteiger partial charge is 0.336 e. The molecule has 2 aromatic rings. The van der Waals surface area contributed by atoms with Crippen molar-refractivity contribution in [1.82, 2.24) is 19.8 Å². The molecule has 8 heteroatoms. The van der Waals surface area contributed by atoms with E-state index in [2.05, 4.69) is 10.3 Å². The summed E-state index contributed by atoms with van der Waals surface area (Å²) in [4.78, 5) is 19.1. The molecule has 1 amide bonds. The zero-order valence-electron chi connectivity index (χ0n) is 13.2. The fraction of sp³-hybridized carbons (Fsp3) is 0.375. The second kappa shape index (κ2) is 8.21. The van der Waals surface area contributed by atoms with E-state index >= 15 is 0 Å². The second-order valence-corrected chi connectivity index (χ2v) is 6.46. The normalized spacial score (nSPS) is 17.5. The summed E-state index contributed by atoms with van der Waals surface area (Å²) >= 11 is 12.2. The van der Waals surface area contributed by atoms with Crippen LogP contribution in [0.1, 0.15) is 17.4 Å². The Balaban J connectivity index is 0.00000208. The lowest BCUT2D eigenvalue weighted by atomic mass is 10.1. The predicted molar refractivity (Wildman–Crippen MR) is 97.9 cm³/mol. The van der Waals surface area contributed by atoms with Gasteiger partial charge in [-0.15, -0.1) is 12.4 Å². The molecule has 1 aliphatic rings. The van der Waals surface area contributed by atoms with E-state index in [1.165, 1.54) is 0 Å². The third-order valence-corrected chi connectivity index (χ3v) is 4.67. The smallest absolute Gasteiger partial charge is 0.227 e. The summed E-state index contributed by atoms with van der Waals surface area (Å²) in [5.41, 5.74) is 0.751. The topological polar surface area (TPSA) is 50.2 Å². The molecule has 1 N–H and O–H groups in total. The number of nitrogens with one attached hydrogen (secondary N) is 1. The van der Waals surface area contributed by atoms with Crippen molar-refractivity contribution in [3.63, 3.8) is 0 Å². The molecule has 0 spiro atoms. The number of benzene rings is 1. The van der Waals surface area contributed by atoms with Gasteiger partial charge >= 0.3 is 0 Å². The van der Waals surface area contributed by atoms with Crippen LogP contribution in [0.25, 0.3) is 0 Å². The number of amides is 1. The van der Waals surface area contributed by atoms with Crippen molar-refractivity contribution in [3.05, 3.63) is 52.0 Å². The summed E-state index contributed by atoms with van der Waals surface area (Å²) in [6.07, 6.45) is 3.88. The van der Waals surface area contributed by atoms with Gasteiger partial charge in [-0.2, -0.15) is 0 Å². The Hall–Kier alpha value is -1.27. The molecule has 1 aromatic heterocycles. The van der Waals surface area contributed by atoms with Crippen LogP contribution in [0.5, 0.6) is 0 Å². The quantitative estimate of drug-likeness (QED) is 0.878. The van der Waals surface area contributed by atoms with Crippen molar-refractivity contribution < 1.29 is 4.79 Å². The van der Waals surface area contributed by atoms with E-state index in [0.717, 1.165) is 17.9 Å². The van der Waals surface area contributed by atoms with Crippen LogP contribution in [0.2, 0.25) is 10.0 Å². The van der Waals surface area contributed by atoms with Crippen LogP contribution >= 0.6 is 35.6 Å². The molecule has 1 aliphatic heterocycles. The second-order valence-electron chi connectivity index (χ2n) is 5.62. The number of carbonyl (C=O) groups is 1. The predicted octanol–water partition coefficient (Wildman–Crippen LogP) is 2.86. The standard InChI is InChI=1S/C16H18Cl2N4O.ClH/c1-21-6-5-20-16(21)14-10-19-4-7-22(14)15(23)9-11-8-12(17)2-3-13(11)18;/h2-3,5-6,8,14,19H,4,7,9-10H2,1H3;1H. The zero-order chi connectivity index (χ0) is 16.4. The number of rotatable bonds is 3. The number of carbonyl (C=O) groups excluding carboxylic acids is 1. The van der Waals surface area contributed by atoms with Gasteiger partial charge in [0.25, 0.3) is 0 Å². The van der Waals surface area contributed by atoms with Gasteiger partial charge in [-0.1, -0.05) is 23.2 Å². The molecule has 3 rings (SSSR count). The van der Waals surface area contributed by atoms with Crippen molar-refractivity contribution in [2.24, 2.45) is 7.05 Å². The molecule has 1 atom stereocenters. The molecule has 0 radical (unpaired) electrons. The number of hydrogen-bond donors (Lipinski definition) is 1. The molecule has 0 saturated carbocycles. The minimum atomic E-state index is -0.0748. The summed E-state index contributed by atoms with van der Waals surface area (Å²) < 4.78 is 1.95. The van der Waals surface area contributed by atoms with Crippen LogP contribution in [-0.4, -0.2) is 40.0 Å². The van der Waals surface area contributed by atoms with Crippen LogP contribution in [0.3, 0.4) is 0 Å². The van der Waals surface area contributed by atoms with Crippen LogP contribution in [0, 0.1) is 0 Å². The Kier molecular flexibility index (Phi) is 6.52. The Morgan fingerprint density at radius 3 is 2.92 bits per heavy atom. The molecular formula is C16H19Cl3N4O. The number of halogens is 3. The highest BCUT2D eigenvalue weighted by atomic mass is 35.5. The molecule has 0 aliphatic carbocycles. The van der Waals surface area contributed by atoms with Gasteiger partial charge in [0.2, 0.25) is 5.91 Å². The van der Waals surface area contributed by atoms with Gasteiger partial charge < -0.3 is 14.8 Å². The maximum absolute atomic E-state index is 12.8. The molecule has 1 fully saturated rings. The molecule has 1 saturated heterocycles. The molecule has 1 unspecified atom stereocenters. The van der Waals surface area contributed by atoms with Crippen LogP contribution < -0.4 is 5.32 Å². The van der Waals surface area contributed by atoms with E-state index in [0.29, 0.717) is 23.1 Å². The third-order valence-electron chi connectivity index (χ3n) is 4.07. The van der Waals surface area contributed by atoms with Crippen LogP contribution in [0.15, 0.2) is 30.6 Å². The first-order valence-corrected chi connectivity index (χ1v) is 8.23. The molecule has 1 aromatic carbocycles. The summed E-state index contributed by atoms with van der Waals surface area (Å²) in [7, 11) is 1.94. The lowest BCUT2D eigenvalue weighted by Crippen LogP contribution is -2.49. The van der Waals surface area contributed by atoms with E-state index in [9.17, 15) is 4.79 Å². The molecular weight excluding hydrogens is 371 g/mol. The summed E-state index contributed by atoms with van der Waals surface area (Å²) in [6, 6.07) is 5.12. The van der Waals surface area contributed by atoms with Crippen molar-refractivity contribution in [2.45, 2.75) is 12.5 Å². The van der Waals surface area contributed by atoms with E-state index in [-0.39, 0.29) is 30.8 Å². The average molecular weight is 390 g/mol. The Morgan fingerprint density at radius 2 is 2.21 bits per heavy atom. The lowest BCUT2D eigenvalue weighted by Gasteiger charge is -2.36. The molecule has 130 valence electrons. The fourth-order valence-electron chi connectivity index (χ4n) is 2.87. The molecule has 2 heterocycles. The first-order chi connectivity index (χ1) is 11.1. The number of imidazole rings is 1. The summed E-state index contributed by atoms with van der Waals surface area (Å²) in [5, 5.41) is 4.47. The lowest BCUT2D eigenvalue weighted by molar-refractivity contribution is -0.134. The van der Waals surface area contributed by atoms with Crippen molar-refractivity contribution >= 4 is 41.5 Å². The first-order valence-electron chi connectivity index (χ1n) is 7.47. The van der Waals surface area contributed by atoms with E-state index in [4.69, 9.17) is 23.2 Å². The zero-order valence-corrected chi connectivity index (χ0v) is 15.5. The highest BCUT2D eigenvalue weighted by molar-refractivity contribution is 6.33. The maximum atomic E-state index is 12.8. The van der Waals surface area contributed by atoms with E-state index in [1.807, 2.05) is 22.7 Å². The van der Waals surface area contributed by atoms with Gasteiger partial charge in [0.05, 0.1) is 6.42 Å². The number of hydrogen-bond acceptors (Lipinski definition) is 3. The monoisotopic (exact) mass is 388 g/mol. The minimum Gasteiger partial charge on any atom is -0.336 e. The molecule has 0 bridgehead atoms. The van der Waals surface area contributed by atoms with Gasteiger partial charge in [0.15, 0.2) is 0 Å². The van der Waals surface area contributed by atoms with Crippen molar-refractivity contribution in [1.29, 1.82) is 0 Å². The summed E-state index contributed by atoms with van der Waals surface area (Å²) in [5.74, 6) is 0.909. The van der Waals surface area contributed by atoms with Gasteiger partial charge in [0, 0.05) is 49.1 Å². The van der Waals surface area contributed by atoms with Crippen molar-refractivity contribution in [3.8, 4) is 0 Å². The highest BCUT2D eigenvalue weighted by Gasteiger charge is 2.30. The van der Waals surface area contributed by atoms with Crippen molar-refractivity contribution in [2.75, 3.05) is 19.6 Å². The Labute approximate surface area is 157 Å². The highest BCUT2D eigenvalue weighted by Crippen LogP contribution is 2.25. The van der Waals surface area contributed by atoms with E-state index in [1.54, 1.807) is 24.4 Å². The minimum absolute atomic E-state index is 0. The van der Waals surface area contributed by atoms with Gasteiger partial charge in [0.1, 0.15) is 11.9 Å². The number of piperazine rings is 1.